The van der Waals surface area contributed by atoms with Crippen LogP contribution in [0.25, 0.3) is 0 Å². The van der Waals surface area contributed by atoms with Crippen LogP contribution in [0.1, 0.15) is 72.0 Å². The Kier molecular flexibility index (Phi) is 5.61. The molecule has 2 N–H and O–H groups in total. The average Bonchev–Trinajstić information content (AvgIpc) is 2.99. The summed E-state index contributed by atoms with van der Waals surface area (Å²) in [4.78, 5) is 9.06. The summed E-state index contributed by atoms with van der Waals surface area (Å²) in [5.41, 5.74) is 0.281. The van der Waals surface area contributed by atoms with Gasteiger partial charge < -0.3 is 19.8 Å². The summed E-state index contributed by atoms with van der Waals surface area (Å²) in [6, 6.07) is 0.445. The maximum Gasteiger partial charge on any atom is 0.216 e. The quantitative estimate of drug-likeness (QED) is 0.600. The molecule has 1 aromatic rings. The van der Waals surface area contributed by atoms with Gasteiger partial charge in [-0.25, -0.2) is 9.98 Å². The van der Waals surface area contributed by atoms with Crippen LogP contribution in [0, 0.1) is 5.41 Å². The number of hydrogen-bond donors (Lipinski definition) is 2. The maximum atomic E-state index is 5.95. The fourth-order valence-electron chi connectivity index (χ4n) is 4.00. The molecule has 0 aromatic carbocycles. The van der Waals surface area contributed by atoms with Crippen molar-refractivity contribution >= 4 is 5.96 Å². The van der Waals surface area contributed by atoms with E-state index in [9.17, 15) is 0 Å². The Balaban J connectivity index is 1.62. The first-order valence-corrected chi connectivity index (χ1v) is 10.0. The van der Waals surface area contributed by atoms with Gasteiger partial charge in [-0.05, 0) is 33.1 Å². The lowest BCUT2D eigenvalue weighted by Crippen LogP contribution is -2.68. The number of oxazole rings is 1. The summed E-state index contributed by atoms with van der Waals surface area (Å²) in [6.07, 6.45) is 7.09. The summed E-state index contributed by atoms with van der Waals surface area (Å²) in [7, 11) is 0. The number of aliphatic imine (C=N–C) groups is 1. The molecular formula is C20H34N4O2. The second-order valence-corrected chi connectivity index (χ2v) is 8.53. The van der Waals surface area contributed by atoms with Crippen molar-refractivity contribution in [2.75, 3.05) is 13.2 Å². The average molecular weight is 363 g/mol. The van der Waals surface area contributed by atoms with Crippen LogP contribution in [0.3, 0.4) is 0 Å². The number of ether oxygens (including phenoxy) is 1. The molecule has 2 fully saturated rings. The first-order valence-electron chi connectivity index (χ1n) is 10.0. The molecule has 2 aliphatic carbocycles. The molecule has 3 rings (SSSR count). The van der Waals surface area contributed by atoms with Crippen molar-refractivity contribution in [1.29, 1.82) is 0 Å². The number of guanidine groups is 1. The van der Waals surface area contributed by atoms with Crippen molar-refractivity contribution in [2.24, 2.45) is 10.4 Å². The van der Waals surface area contributed by atoms with E-state index in [4.69, 9.17) is 14.1 Å². The molecule has 1 spiro atoms. The predicted molar refractivity (Wildman–Crippen MR) is 103 cm³/mol. The van der Waals surface area contributed by atoms with Crippen molar-refractivity contribution in [3.63, 3.8) is 0 Å². The van der Waals surface area contributed by atoms with E-state index in [0.717, 1.165) is 31.3 Å². The van der Waals surface area contributed by atoms with Crippen LogP contribution in [0.5, 0.6) is 0 Å². The SMILES string of the molecule is CCNC(=NCc1ncc(C(C)(C)C)o1)NC1CC(OCC)C12CCC2. The molecule has 0 aliphatic heterocycles. The van der Waals surface area contributed by atoms with Crippen LogP contribution < -0.4 is 10.6 Å². The topological polar surface area (TPSA) is 71.7 Å². The molecule has 0 bridgehead atoms. The number of nitrogens with zero attached hydrogens (tertiary/aromatic N) is 2. The van der Waals surface area contributed by atoms with Gasteiger partial charge in [-0.15, -0.1) is 0 Å². The van der Waals surface area contributed by atoms with Crippen molar-refractivity contribution in [1.82, 2.24) is 15.6 Å². The molecule has 1 aromatic heterocycles. The highest BCUT2D eigenvalue weighted by Crippen LogP contribution is 2.57. The van der Waals surface area contributed by atoms with Gasteiger partial charge in [-0.3, -0.25) is 0 Å². The first kappa shape index (κ1) is 19.2. The van der Waals surface area contributed by atoms with Gasteiger partial charge in [-0.2, -0.15) is 0 Å². The van der Waals surface area contributed by atoms with Crippen LogP contribution in [-0.4, -0.2) is 36.2 Å². The molecule has 146 valence electrons. The van der Waals surface area contributed by atoms with Crippen molar-refractivity contribution in [2.45, 2.75) is 84.4 Å². The number of nitrogens with one attached hydrogen (secondary N) is 2. The highest BCUT2D eigenvalue weighted by atomic mass is 16.5. The van der Waals surface area contributed by atoms with Crippen molar-refractivity contribution < 1.29 is 9.15 Å². The van der Waals surface area contributed by atoms with Gasteiger partial charge in [0.2, 0.25) is 5.89 Å². The monoisotopic (exact) mass is 362 g/mol. The van der Waals surface area contributed by atoms with Gasteiger partial charge >= 0.3 is 0 Å². The lowest BCUT2D eigenvalue weighted by Gasteiger charge is -2.61. The van der Waals surface area contributed by atoms with Crippen LogP contribution in [0.4, 0.5) is 0 Å². The van der Waals surface area contributed by atoms with Crippen LogP contribution in [-0.2, 0) is 16.7 Å². The molecule has 2 unspecified atom stereocenters. The first-order chi connectivity index (χ1) is 12.4. The van der Waals surface area contributed by atoms with E-state index in [1.807, 2.05) is 6.20 Å². The van der Waals surface area contributed by atoms with Gasteiger partial charge in [0.25, 0.3) is 0 Å². The number of rotatable bonds is 6. The van der Waals surface area contributed by atoms with E-state index in [2.05, 4.69) is 50.2 Å². The minimum Gasteiger partial charge on any atom is -0.443 e. The molecule has 0 saturated heterocycles. The molecule has 6 heteroatoms. The van der Waals surface area contributed by atoms with E-state index < -0.39 is 0 Å². The van der Waals surface area contributed by atoms with E-state index in [1.165, 1.54) is 19.3 Å². The third-order valence-electron chi connectivity index (χ3n) is 5.76. The molecule has 2 atom stereocenters. The second kappa shape index (κ2) is 7.59. The minimum absolute atomic E-state index is 0.0332. The zero-order chi connectivity index (χ0) is 18.8. The van der Waals surface area contributed by atoms with E-state index in [1.54, 1.807) is 0 Å². The normalized spacial score (nSPS) is 24.9. The number of aromatic nitrogens is 1. The molecule has 0 radical (unpaired) electrons. The largest absolute Gasteiger partial charge is 0.443 e. The molecule has 2 saturated carbocycles. The Hall–Kier alpha value is -1.56. The van der Waals surface area contributed by atoms with Crippen molar-refractivity contribution in [3.05, 3.63) is 17.8 Å². The van der Waals surface area contributed by atoms with Crippen LogP contribution >= 0.6 is 0 Å². The summed E-state index contributed by atoms with van der Waals surface area (Å²) in [5.74, 6) is 2.40. The zero-order valence-electron chi connectivity index (χ0n) is 16.9. The zero-order valence-corrected chi connectivity index (χ0v) is 16.9. The fourth-order valence-corrected chi connectivity index (χ4v) is 4.00. The molecule has 6 nitrogen and oxygen atoms in total. The minimum atomic E-state index is -0.0332. The van der Waals surface area contributed by atoms with Crippen LogP contribution in [0.2, 0.25) is 0 Å². The molecule has 2 aliphatic rings. The standard InChI is InChI=1S/C20H34N4O2/c1-6-21-18(23-13-17-22-12-16(26-17)19(3,4)5)24-14-11-15(25-7-2)20(14)9-8-10-20/h12,14-15H,6-11,13H2,1-5H3,(H2,21,23,24). The summed E-state index contributed by atoms with van der Waals surface area (Å²) in [5, 5.41) is 6.98. The molecule has 0 amide bonds. The Bertz CT molecular complexity index is 628. The van der Waals surface area contributed by atoms with E-state index >= 15 is 0 Å². The van der Waals surface area contributed by atoms with Crippen LogP contribution in [0.15, 0.2) is 15.6 Å². The Morgan fingerprint density at radius 2 is 2.15 bits per heavy atom. The Labute approximate surface area is 157 Å². The molecule has 1 heterocycles. The summed E-state index contributed by atoms with van der Waals surface area (Å²) >= 11 is 0. The highest BCUT2D eigenvalue weighted by Gasteiger charge is 2.59. The lowest BCUT2D eigenvalue weighted by atomic mass is 9.51. The fraction of sp³-hybridized carbons (Fsp3) is 0.800. The summed E-state index contributed by atoms with van der Waals surface area (Å²) in [6.45, 7) is 12.6. The van der Waals surface area contributed by atoms with Gasteiger partial charge in [0.15, 0.2) is 5.96 Å². The third-order valence-corrected chi connectivity index (χ3v) is 5.76. The maximum absolute atomic E-state index is 5.95. The number of hydrogen-bond acceptors (Lipinski definition) is 4. The Morgan fingerprint density at radius 1 is 1.38 bits per heavy atom. The molecule has 26 heavy (non-hydrogen) atoms. The van der Waals surface area contributed by atoms with E-state index in [-0.39, 0.29) is 5.41 Å². The van der Waals surface area contributed by atoms with Crippen molar-refractivity contribution in [3.8, 4) is 0 Å². The smallest absolute Gasteiger partial charge is 0.216 e. The van der Waals surface area contributed by atoms with Gasteiger partial charge in [0.05, 0.1) is 12.3 Å². The van der Waals surface area contributed by atoms with Gasteiger partial charge in [0, 0.05) is 30.0 Å². The predicted octanol–water partition coefficient (Wildman–Crippen LogP) is 3.37. The second-order valence-electron chi connectivity index (χ2n) is 8.53. The van der Waals surface area contributed by atoms with Gasteiger partial charge in [0.1, 0.15) is 12.3 Å². The lowest BCUT2D eigenvalue weighted by molar-refractivity contribution is -0.168. The van der Waals surface area contributed by atoms with Gasteiger partial charge in [-0.1, -0.05) is 27.2 Å². The summed E-state index contributed by atoms with van der Waals surface area (Å²) < 4.78 is 11.8. The third kappa shape index (κ3) is 3.75. The van der Waals surface area contributed by atoms with E-state index in [0.29, 0.717) is 30.0 Å². The highest BCUT2D eigenvalue weighted by molar-refractivity contribution is 5.80. The Morgan fingerprint density at radius 3 is 2.69 bits per heavy atom. The molecular weight excluding hydrogens is 328 g/mol.